The normalized spacial score (nSPS) is 10.3. The molecule has 2 amide bonds. The van der Waals surface area contributed by atoms with E-state index < -0.39 is 0 Å². The Bertz CT molecular complexity index is 1010. The molecule has 0 spiro atoms. The van der Waals surface area contributed by atoms with Crippen LogP contribution in [0.1, 0.15) is 15.9 Å². The molecule has 3 rings (SSSR count). The first-order chi connectivity index (χ1) is 14.0. The number of hydrogen-bond donors (Lipinski definition) is 3. The van der Waals surface area contributed by atoms with Gasteiger partial charge in [-0.2, -0.15) is 0 Å². The van der Waals surface area contributed by atoms with Crippen molar-refractivity contribution in [2.45, 2.75) is 6.54 Å². The summed E-state index contributed by atoms with van der Waals surface area (Å²) >= 11 is 11.9. The van der Waals surface area contributed by atoms with E-state index in [4.69, 9.17) is 23.2 Å². The number of benzene rings is 3. The van der Waals surface area contributed by atoms with Gasteiger partial charge in [-0.3, -0.25) is 9.59 Å². The van der Waals surface area contributed by atoms with Crippen molar-refractivity contribution < 1.29 is 9.59 Å². The summed E-state index contributed by atoms with van der Waals surface area (Å²) in [5.41, 5.74) is 2.67. The molecular formula is C22H19Cl2N3O2. The molecule has 0 aliphatic rings. The average molecular weight is 428 g/mol. The summed E-state index contributed by atoms with van der Waals surface area (Å²) in [4.78, 5) is 24.5. The second-order valence-electron chi connectivity index (χ2n) is 6.27. The van der Waals surface area contributed by atoms with Crippen LogP contribution in [0.4, 0.5) is 11.4 Å². The molecule has 148 valence electrons. The molecule has 7 heteroatoms. The van der Waals surface area contributed by atoms with Crippen LogP contribution in [0.5, 0.6) is 0 Å². The standard InChI is InChI=1S/C22H19Cl2N3O2/c23-17-9-10-20(19(24)12-17)27-21(28)14-25-18-8-4-7-16(11-18)22(29)26-13-15-5-2-1-3-6-15/h1-12,25H,13-14H2,(H,26,29)(H,27,28). The van der Waals surface area contributed by atoms with Crippen LogP contribution in [-0.4, -0.2) is 18.4 Å². The van der Waals surface area contributed by atoms with E-state index in [-0.39, 0.29) is 18.4 Å². The first kappa shape index (κ1) is 20.7. The monoisotopic (exact) mass is 427 g/mol. The molecular weight excluding hydrogens is 409 g/mol. The number of halogens is 2. The maximum Gasteiger partial charge on any atom is 0.251 e. The van der Waals surface area contributed by atoms with Gasteiger partial charge in [0.15, 0.2) is 0 Å². The van der Waals surface area contributed by atoms with E-state index in [0.717, 1.165) is 5.56 Å². The molecule has 3 N–H and O–H groups in total. The zero-order chi connectivity index (χ0) is 20.6. The number of amides is 2. The van der Waals surface area contributed by atoms with Gasteiger partial charge in [-0.1, -0.05) is 59.6 Å². The highest BCUT2D eigenvalue weighted by atomic mass is 35.5. The van der Waals surface area contributed by atoms with Crippen LogP contribution in [-0.2, 0) is 11.3 Å². The van der Waals surface area contributed by atoms with Gasteiger partial charge in [0.05, 0.1) is 17.3 Å². The van der Waals surface area contributed by atoms with Gasteiger partial charge >= 0.3 is 0 Å². The van der Waals surface area contributed by atoms with Gasteiger partial charge in [0.2, 0.25) is 5.91 Å². The SMILES string of the molecule is O=C(CNc1cccc(C(=O)NCc2ccccc2)c1)Nc1ccc(Cl)cc1Cl. The molecule has 0 unspecified atom stereocenters. The van der Waals surface area contributed by atoms with Crippen molar-refractivity contribution in [3.8, 4) is 0 Å². The lowest BCUT2D eigenvalue weighted by Crippen LogP contribution is -2.24. The van der Waals surface area contributed by atoms with Gasteiger partial charge in [-0.05, 0) is 42.0 Å². The molecule has 0 radical (unpaired) electrons. The molecule has 0 aliphatic heterocycles. The van der Waals surface area contributed by atoms with Crippen LogP contribution in [0.15, 0.2) is 72.8 Å². The Labute approximate surface area is 179 Å². The minimum Gasteiger partial charge on any atom is -0.376 e. The fourth-order valence-corrected chi connectivity index (χ4v) is 3.07. The van der Waals surface area contributed by atoms with Gasteiger partial charge in [0.1, 0.15) is 0 Å². The third-order valence-corrected chi connectivity index (χ3v) is 4.63. The molecule has 0 aromatic heterocycles. The largest absolute Gasteiger partial charge is 0.376 e. The van der Waals surface area contributed by atoms with Crippen LogP contribution < -0.4 is 16.0 Å². The van der Waals surface area contributed by atoms with Crippen molar-refractivity contribution in [2.24, 2.45) is 0 Å². The van der Waals surface area contributed by atoms with Crippen molar-refractivity contribution >= 4 is 46.4 Å². The summed E-state index contributed by atoms with van der Waals surface area (Å²) in [6, 6.07) is 21.5. The van der Waals surface area contributed by atoms with Crippen molar-refractivity contribution in [1.82, 2.24) is 5.32 Å². The predicted molar refractivity (Wildman–Crippen MR) is 118 cm³/mol. The summed E-state index contributed by atoms with van der Waals surface area (Å²) in [6.07, 6.45) is 0. The zero-order valence-electron chi connectivity index (χ0n) is 15.4. The Morgan fingerprint density at radius 2 is 1.66 bits per heavy atom. The van der Waals surface area contributed by atoms with Gasteiger partial charge < -0.3 is 16.0 Å². The van der Waals surface area contributed by atoms with Crippen molar-refractivity contribution in [1.29, 1.82) is 0 Å². The highest BCUT2D eigenvalue weighted by Crippen LogP contribution is 2.25. The molecule has 3 aromatic carbocycles. The maximum absolute atomic E-state index is 12.4. The minimum atomic E-state index is -0.270. The molecule has 3 aromatic rings. The van der Waals surface area contributed by atoms with Crippen LogP contribution in [0.2, 0.25) is 10.0 Å². The van der Waals surface area contributed by atoms with Crippen LogP contribution in [0.3, 0.4) is 0 Å². The summed E-state index contributed by atoms with van der Waals surface area (Å²) in [5, 5.41) is 9.45. The summed E-state index contributed by atoms with van der Waals surface area (Å²) in [7, 11) is 0. The summed E-state index contributed by atoms with van der Waals surface area (Å²) in [5.74, 6) is -0.456. The molecule has 0 aliphatic carbocycles. The van der Waals surface area contributed by atoms with Gasteiger partial charge in [-0.25, -0.2) is 0 Å². The molecule has 0 bridgehead atoms. The van der Waals surface area contributed by atoms with E-state index in [2.05, 4.69) is 16.0 Å². The molecule has 0 fully saturated rings. The Morgan fingerprint density at radius 3 is 2.41 bits per heavy atom. The maximum atomic E-state index is 12.4. The van der Waals surface area contributed by atoms with E-state index in [1.807, 2.05) is 30.3 Å². The van der Waals surface area contributed by atoms with Gasteiger partial charge in [0.25, 0.3) is 5.91 Å². The number of rotatable bonds is 7. The van der Waals surface area contributed by atoms with E-state index >= 15 is 0 Å². The van der Waals surface area contributed by atoms with Crippen LogP contribution in [0, 0.1) is 0 Å². The zero-order valence-corrected chi connectivity index (χ0v) is 16.9. The Hall–Kier alpha value is -3.02. The van der Waals surface area contributed by atoms with Crippen LogP contribution >= 0.6 is 23.2 Å². The third kappa shape index (κ3) is 6.24. The highest BCUT2D eigenvalue weighted by molar-refractivity contribution is 6.36. The van der Waals surface area contributed by atoms with E-state index in [9.17, 15) is 9.59 Å². The summed E-state index contributed by atoms with van der Waals surface area (Å²) < 4.78 is 0. The summed E-state index contributed by atoms with van der Waals surface area (Å²) in [6.45, 7) is 0.468. The Morgan fingerprint density at radius 1 is 0.862 bits per heavy atom. The number of nitrogens with one attached hydrogen (secondary N) is 3. The van der Waals surface area contributed by atoms with Crippen LogP contribution in [0.25, 0.3) is 0 Å². The Balaban J connectivity index is 1.53. The quantitative estimate of drug-likeness (QED) is 0.498. The fourth-order valence-electron chi connectivity index (χ4n) is 2.62. The van der Waals surface area contributed by atoms with Gasteiger partial charge in [0, 0.05) is 22.8 Å². The molecule has 0 heterocycles. The number of carbonyl (C=O) groups is 2. The minimum absolute atomic E-state index is 0.0219. The average Bonchev–Trinajstić information content (AvgIpc) is 2.73. The molecule has 5 nitrogen and oxygen atoms in total. The van der Waals surface area contributed by atoms with E-state index in [0.29, 0.717) is 33.5 Å². The number of hydrogen-bond acceptors (Lipinski definition) is 3. The topological polar surface area (TPSA) is 70.2 Å². The fraction of sp³-hybridized carbons (Fsp3) is 0.0909. The molecule has 0 saturated heterocycles. The molecule has 0 saturated carbocycles. The van der Waals surface area contributed by atoms with Gasteiger partial charge in [-0.15, -0.1) is 0 Å². The Kier molecular flexibility index (Phi) is 7.11. The lowest BCUT2D eigenvalue weighted by molar-refractivity contribution is -0.114. The number of carbonyl (C=O) groups excluding carboxylic acids is 2. The molecule has 29 heavy (non-hydrogen) atoms. The first-order valence-corrected chi connectivity index (χ1v) is 9.68. The molecule has 0 atom stereocenters. The second-order valence-corrected chi connectivity index (χ2v) is 7.12. The van der Waals surface area contributed by atoms with Crippen molar-refractivity contribution in [3.05, 3.63) is 94.0 Å². The van der Waals surface area contributed by atoms with E-state index in [1.54, 1.807) is 42.5 Å². The highest BCUT2D eigenvalue weighted by Gasteiger charge is 2.09. The third-order valence-electron chi connectivity index (χ3n) is 4.08. The lowest BCUT2D eigenvalue weighted by Gasteiger charge is -2.11. The van der Waals surface area contributed by atoms with Crippen molar-refractivity contribution in [2.75, 3.05) is 17.2 Å². The van der Waals surface area contributed by atoms with Crippen molar-refractivity contribution in [3.63, 3.8) is 0 Å². The smallest absolute Gasteiger partial charge is 0.251 e. The number of anilines is 2. The lowest BCUT2D eigenvalue weighted by atomic mass is 10.1. The predicted octanol–water partition coefficient (Wildman–Crippen LogP) is 4.97. The second kappa shape index (κ2) is 9.96. The first-order valence-electron chi connectivity index (χ1n) is 8.92. The van der Waals surface area contributed by atoms with E-state index in [1.165, 1.54) is 0 Å².